The first kappa shape index (κ1) is 82.3. The van der Waals surface area contributed by atoms with E-state index in [1.165, 1.54) is 75.1 Å². The molecule has 0 saturated carbocycles. The van der Waals surface area contributed by atoms with Crippen molar-refractivity contribution >= 4 is 110 Å². The van der Waals surface area contributed by atoms with Crippen molar-refractivity contribution in [1.29, 1.82) is 0 Å². The quantitative estimate of drug-likeness (QED) is 0.0205. The van der Waals surface area contributed by atoms with Crippen molar-refractivity contribution in [2.45, 2.75) is 133 Å². The summed E-state index contributed by atoms with van der Waals surface area (Å²) in [5, 5.41) is 53.9. The molecule has 0 aliphatic carbocycles. The zero-order valence-electron chi connectivity index (χ0n) is 58.1. The van der Waals surface area contributed by atoms with Gasteiger partial charge in [0.15, 0.2) is 0 Å². The SMILES string of the molecule is CNC(=O)[C@H](Cc1cnc[nH]1)NC(=O)[C@@H]1CSSC[C@H](NC(=O)[C@H](Cc2cnc[nH]2)NC(=O)[C@H](Cc2ccccc2)NC(=O)CNC(=O)CNC(=O)CN(CCNC(C)=O)CCNC(C)=O)C(=O)N2CCCC2C(=O)N[C@@H](Cc2ccc(O)cc2)C(=O)N[C@@H](CC(=O)O)C(=O)N[C@@H](CC(C)C)C(=O)N1. The number of aromatic amines is 2. The average molecular weight is 1490 g/mol. The van der Waals surface area contributed by atoms with E-state index >= 15 is 9.59 Å². The molecule has 0 radical (unpaired) electrons. The highest BCUT2D eigenvalue weighted by molar-refractivity contribution is 8.76. The monoisotopic (exact) mass is 1490 g/mol. The highest BCUT2D eigenvalue weighted by atomic mass is 33.1. The van der Waals surface area contributed by atoms with Gasteiger partial charge in [0.25, 0.3) is 0 Å². The third-order valence-corrected chi connectivity index (χ3v) is 18.7. The second-order valence-electron chi connectivity index (χ2n) is 25.1. The molecule has 9 atom stereocenters. The maximum Gasteiger partial charge on any atom is 0.305 e. The Morgan fingerprint density at radius 1 is 0.625 bits per heavy atom. The Morgan fingerprint density at radius 3 is 1.79 bits per heavy atom. The van der Waals surface area contributed by atoms with E-state index in [0.717, 1.165) is 21.6 Å². The predicted octanol–water partition coefficient (Wildman–Crippen LogP) is -4.55. The number of likely N-dealkylation sites (N-methyl/N-ethyl adjacent to an activating group) is 1. The van der Waals surface area contributed by atoms with Crippen LogP contribution in [-0.2, 0) is 97.6 Å². The Hall–Kier alpha value is -10.6. The molecule has 1 unspecified atom stereocenters. The number of imidazole rings is 2. The Morgan fingerprint density at radius 2 is 1.19 bits per heavy atom. The van der Waals surface area contributed by atoms with Crippen LogP contribution in [0.15, 0.2) is 79.6 Å². The number of phenols is 1. The van der Waals surface area contributed by atoms with Gasteiger partial charge in [0.1, 0.15) is 60.1 Å². The van der Waals surface area contributed by atoms with Crippen molar-refractivity contribution in [3.63, 3.8) is 0 Å². The van der Waals surface area contributed by atoms with Gasteiger partial charge in [-0.25, -0.2) is 9.97 Å². The third-order valence-electron chi connectivity index (χ3n) is 16.3. The molecule has 0 spiro atoms. The minimum Gasteiger partial charge on any atom is -0.508 e. The van der Waals surface area contributed by atoms with Gasteiger partial charge in [0.2, 0.25) is 82.7 Å². The van der Waals surface area contributed by atoms with Crippen molar-refractivity contribution in [3.8, 4) is 5.75 Å². The minimum absolute atomic E-state index is 0.0288. The third kappa shape index (κ3) is 28.3. The fourth-order valence-corrected chi connectivity index (χ4v) is 13.3. The van der Waals surface area contributed by atoms with Crippen molar-refractivity contribution in [1.82, 2.24) is 98.9 Å². The number of amides is 14. The van der Waals surface area contributed by atoms with E-state index in [-0.39, 0.29) is 119 Å². The number of hydrogen-bond acceptors (Lipinski definition) is 21. The zero-order chi connectivity index (χ0) is 75.8. The number of aromatic hydroxyl groups is 1. The van der Waals surface area contributed by atoms with Gasteiger partial charge in [-0.15, -0.1) is 0 Å². The van der Waals surface area contributed by atoms with E-state index in [9.17, 15) is 72.5 Å². The Balaban J connectivity index is 1.30. The summed E-state index contributed by atoms with van der Waals surface area (Å²) in [6.45, 7) is 5.46. The highest BCUT2D eigenvalue weighted by Gasteiger charge is 2.42. The van der Waals surface area contributed by atoms with E-state index < -0.39 is 151 Å². The molecule has 36 nitrogen and oxygen atoms in total. The lowest BCUT2D eigenvalue weighted by molar-refractivity contribution is -0.142. The number of benzene rings is 2. The largest absolute Gasteiger partial charge is 0.508 e. The Kier molecular flexibility index (Phi) is 33.3. The first-order valence-corrected chi connectivity index (χ1v) is 36.0. The summed E-state index contributed by atoms with van der Waals surface area (Å²) in [5.74, 6) is -13.7. The molecule has 2 fully saturated rings. The topological polar surface area (TPSA) is 517 Å². The fraction of sp³-hybridized carbons (Fsp3) is 0.500. The van der Waals surface area contributed by atoms with Gasteiger partial charge in [0.05, 0.1) is 38.7 Å². The van der Waals surface area contributed by atoms with E-state index in [2.05, 4.69) is 89.1 Å². The molecule has 104 heavy (non-hydrogen) atoms. The Bertz CT molecular complexity index is 3590. The van der Waals surface area contributed by atoms with Gasteiger partial charge in [-0.3, -0.25) is 76.8 Å². The number of carboxylic acids is 1. The fourth-order valence-electron chi connectivity index (χ4n) is 11.0. The molecule has 4 aromatic rings. The van der Waals surface area contributed by atoms with E-state index in [1.54, 1.807) is 49.1 Å². The number of fused-ring (bicyclic) bond motifs is 1. The maximum atomic E-state index is 15.4. The van der Waals surface area contributed by atoms with Crippen molar-refractivity contribution < 1.29 is 82.1 Å². The molecule has 564 valence electrons. The molecular formula is C66H91N19O17S2. The number of phenolic OH excluding ortho intramolecular Hbond substituents is 1. The molecule has 2 aromatic carbocycles. The second-order valence-corrected chi connectivity index (χ2v) is 27.6. The summed E-state index contributed by atoms with van der Waals surface area (Å²) in [6.07, 6.45) is 3.82. The van der Waals surface area contributed by atoms with E-state index in [1.807, 2.05) is 0 Å². The molecule has 17 N–H and O–H groups in total. The minimum atomic E-state index is -1.87. The van der Waals surface area contributed by atoms with Crippen LogP contribution in [-0.4, -0.2) is 254 Å². The molecule has 6 rings (SSSR count). The molecule has 2 aromatic heterocycles. The lowest BCUT2D eigenvalue weighted by atomic mass is 10.0. The van der Waals surface area contributed by atoms with Crippen molar-refractivity contribution in [2.24, 2.45) is 5.92 Å². The zero-order valence-corrected chi connectivity index (χ0v) is 59.8. The summed E-state index contributed by atoms with van der Waals surface area (Å²) in [6, 6.07) is 0.379. The van der Waals surface area contributed by atoms with Crippen LogP contribution in [0.1, 0.15) is 75.9 Å². The molecular weight excluding hydrogens is 1390 g/mol. The lowest BCUT2D eigenvalue weighted by Crippen LogP contribution is -2.61. The number of rotatable bonds is 32. The number of carbonyl (C=O) groups is 15. The van der Waals surface area contributed by atoms with Gasteiger partial charge >= 0.3 is 5.97 Å². The van der Waals surface area contributed by atoms with Crippen LogP contribution in [0.2, 0.25) is 0 Å². The first-order valence-electron chi connectivity index (χ1n) is 33.6. The van der Waals surface area contributed by atoms with Crippen LogP contribution in [0.5, 0.6) is 5.75 Å². The van der Waals surface area contributed by atoms with Crippen LogP contribution in [0.4, 0.5) is 0 Å². The standard InChI is InChI=1S/C66H91N19O17S2/c1-37(2)22-45-59(95)82-51(64(100)78-48(58(94)67-5)25-42-28-68-35-74-42)33-103-104-34-52(66(102)85-19-9-12-53(85)65(101)81-47(24-41-13-15-44(88)16-14-41)61(97)80-50(27-57(92)93)63(99)77-45)83-62(98)49(26-43-29-69-36-75-43)79-60(96)46(23-40-10-7-6-8-11-40)76-55(90)31-72-54(89)30-73-56(91)32-84(20-17-70-38(3)86)21-18-71-39(4)87/h6-8,10-11,13-16,28-29,35-37,45-53,88H,9,12,17-27,30-34H2,1-5H3,(H,67,94)(H,68,74)(H,69,75)(H,70,86)(H,71,87)(H,72,89)(H,73,91)(H,76,90)(H,77,99)(H,78,100)(H,79,96)(H,80,97)(H,81,101)(H,82,95)(H,83,98)(H,92,93)/t45-,46-,47-,48-,49-,50-,51-,52-,53?/m0/s1. The van der Waals surface area contributed by atoms with Gasteiger partial charge < -0.3 is 94.2 Å². The summed E-state index contributed by atoms with van der Waals surface area (Å²) < 4.78 is 0. The van der Waals surface area contributed by atoms with Gasteiger partial charge in [0, 0.05) is 115 Å². The van der Waals surface area contributed by atoms with Crippen LogP contribution in [0.25, 0.3) is 0 Å². The summed E-state index contributed by atoms with van der Waals surface area (Å²) in [4.78, 5) is 223. The molecule has 2 aliphatic rings. The maximum absolute atomic E-state index is 15.4. The molecule has 4 heterocycles. The number of aromatic nitrogens is 4. The lowest BCUT2D eigenvalue weighted by Gasteiger charge is -2.31. The average Bonchev–Trinajstić information content (AvgIpc) is 1.58. The van der Waals surface area contributed by atoms with Gasteiger partial charge in [-0.05, 0) is 48.4 Å². The second kappa shape index (κ2) is 42.1. The summed E-state index contributed by atoms with van der Waals surface area (Å²) >= 11 is 0. The summed E-state index contributed by atoms with van der Waals surface area (Å²) in [5.41, 5.74) is 1.71. The number of nitrogens with one attached hydrogen (secondary N) is 15. The molecule has 38 heteroatoms. The van der Waals surface area contributed by atoms with Crippen molar-refractivity contribution in [3.05, 3.63) is 102 Å². The number of carbonyl (C=O) groups excluding carboxylic acids is 14. The highest BCUT2D eigenvalue weighted by Crippen LogP contribution is 2.27. The number of nitrogens with zero attached hydrogens (tertiary/aromatic N) is 4. The van der Waals surface area contributed by atoms with E-state index in [0.29, 0.717) is 22.5 Å². The van der Waals surface area contributed by atoms with Crippen LogP contribution >= 0.6 is 21.6 Å². The number of carboxylic acid groups (broad SMARTS) is 1. The number of aliphatic carboxylic acids is 1. The smallest absolute Gasteiger partial charge is 0.305 e. The summed E-state index contributed by atoms with van der Waals surface area (Å²) in [7, 11) is 3.23. The van der Waals surface area contributed by atoms with E-state index in [4.69, 9.17) is 0 Å². The van der Waals surface area contributed by atoms with Crippen LogP contribution < -0.4 is 69.1 Å². The molecule has 0 bridgehead atoms. The van der Waals surface area contributed by atoms with Crippen LogP contribution in [0.3, 0.4) is 0 Å². The van der Waals surface area contributed by atoms with Gasteiger partial charge in [-0.1, -0.05) is 77.9 Å². The number of H-pyrrole nitrogens is 2. The molecule has 14 amide bonds. The number of hydrogen-bond donors (Lipinski definition) is 17. The van der Waals surface area contributed by atoms with Crippen molar-refractivity contribution in [2.75, 3.05) is 70.9 Å². The van der Waals surface area contributed by atoms with Crippen LogP contribution in [0, 0.1) is 5.92 Å². The molecule has 2 aliphatic heterocycles. The predicted molar refractivity (Wildman–Crippen MR) is 377 cm³/mol. The Labute approximate surface area is 606 Å². The first-order chi connectivity index (χ1) is 49.6. The normalized spacial score (nSPS) is 19.2. The van der Waals surface area contributed by atoms with Gasteiger partial charge in [-0.2, -0.15) is 0 Å². The molecule has 2 saturated heterocycles.